The van der Waals surface area contributed by atoms with E-state index in [1.54, 1.807) is 0 Å². The number of nitrogens with one attached hydrogen (secondary N) is 1. The molecule has 1 nitrogen and oxygen atoms in total. The lowest BCUT2D eigenvalue weighted by Gasteiger charge is -2.13. The maximum Gasteiger partial charge on any atom is -0.00449 e. The summed E-state index contributed by atoms with van der Waals surface area (Å²) in [6.45, 7) is 0. The van der Waals surface area contributed by atoms with Gasteiger partial charge in [-0.1, -0.05) is 12.2 Å². The van der Waals surface area contributed by atoms with Gasteiger partial charge in [-0.25, -0.2) is 0 Å². The molecule has 0 radical (unpaired) electrons. The minimum atomic E-state index is 0.771. The Bertz CT molecular complexity index is 116. The van der Waals surface area contributed by atoms with Gasteiger partial charge in [-0.05, 0) is 37.8 Å². The minimum Gasteiger partial charge on any atom is -0.313 e. The second-order valence-corrected chi connectivity index (χ2v) is 2.59. The standard InChI is InChI=1S/C8H13N/c9-7-6-8-4-2-1-3-5-8/h1-2,7-9H,3-6H2/t8-/m1/s1. The average Bonchev–Trinajstić information content (AvgIpc) is 1.91. The predicted molar refractivity (Wildman–Crippen MR) is 39.9 cm³/mol. The van der Waals surface area contributed by atoms with Crippen LogP contribution < -0.4 is 0 Å². The Morgan fingerprint density at radius 1 is 1.56 bits per heavy atom. The maximum atomic E-state index is 6.89. The molecule has 0 saturated carbocycles. The van der Waals surface area contributed by atoms with E-state index in [1.165, 1.54) is 25.5 Å². The molecule has 0 bridgehead atoms. The summed E-state index contributed by atoms with van der Waals surface area (Å²) < 4.78 is 0. The zero-order valence-corrected chi connectivity index (χ0v) is 5.64. The third-order valence-electron chi connectivity index (χ3n) is 1.83. The van der Waals surface area contributed by atoms with Gasteiger partial charge in [0.2, 0.25) is 0 Å². The molecular formula is C8H13N. The summed E-state index contributed by atoms with van der Waals surface area (Å²) in [7, 11) is 0. The lowest BCUT2D eigenvalue weighted by Crippen LogP contribution is -2.01. The summed E-state index contributed by atoms with van der Waals surface area (Å²) in [4.78, 5) is 0. The fourth-order valence-electron chi connectivity index (χ4n) is 1.24. The monoisotopic (exact) mass is 123 g/mol. The van der Waals surface area contributed by atoms with Gasteiger partial charge in [0.15, 0.2) is 0 Å². The fraction of sp³-hybridized carbons (Fsp3) is 0.625. The summed E-state index contributed by atoms with van der Waals surface area (Å²) in [5, 5.41) is 6.89. The van der Waals surface area contributed by atoms with Crippen LogP contribution in [0.4, 0.5) is 0 Å². The van der Waals surface area contributed by atoms with Gasteiger partial charge in [-0.3, -0.25) is 0 Å². The van der Waals surface area contributed by atoms with Crippen molar-refractivity contribution >= 4 is 6.21 Å². The van der Waals surface area contributed by atoms with Crippen molar-refractivity contribution in [2.24, 2.45) is 5.92 Å². The zero-order chi connectivity index (χ0) is 6.53. The lowest BCUT2D eigenvalue weighted by molar-refractivity contribution is 0.500. The van der Waals surface area contributed by atoms with Crippen LogP contribution >= 0.6 is 0 Å². The molecule has 9 heavy (non-hydrogen) atoms. The van der Waals surface area contributed by atoms with Crippen LogP contribution in [0.15, 0.2) is 12.2 Å². The highest BCUT2D eigenvalue weighted by atomic mass is 14.3. The Labute approximate surface area is 56.3 Å². The maximum absolute atomic E-state index is 6.89. The van der Waals surface area contributed by atoms with E-state index in [4.69, 9.17) is 5.41 Å². The number of hydrogen-bond acceptors (Lipinski definition) is 1. The van der Waals surface area contributed by atoms with Crippen molar-refractivity contribution in [2.45, 2.75) is 25.7 Å². The molecular weight excluding hydrogens is 110 g/mol. The predicted octanol–water partition coefficient (Wildman–Crippen LogP) is 2.38. The van der Waals surface area contributed by atoms with Crippen molar-refractivity contribution < 1.29 is 0 Å². The molecule has 1 rings (SSSR count). The van der Waals surface area contributed by atoms with Gasteiger partial charge in [0.05, 0.1) is 0 Å². The van der Waals surface area contributed by atoms with Crippen LogP contribution in [0.25, 0.3) is 0 Å². The molecule has 0 saturated heterocycles. The summed E-state index contributed by atoms with van der Waals surface area (Å²) in [6.07, 6.45) is 10.7. The highest BCUT2D eigenvalue weighted by molar-refractivity contribution is 5.53. The third-order valence-corrected chi connectivity index (χ3v) is 1.83. The van der Waals surface area contributed by atoms with Gasteiger partial charge in [-0.2, -0.15) is 0 Å². The second kappa shape index (κ2) is 3.44. The Morgan fingerprint density at radius 2 is 2.44 bits per heavy atom. The lowest BCUT2D eigenvalue weighted by atomic mass is 9.92. The van der Waals surface area contributed by atoms with Gasteiger partial charge in [0.1, 0.15) is 0 Å². The van der Waals surface area contributed by atoms with Crippen LogP contribution in [0.1, 0.15) is 25.7 Å². The van der Waals surface area contributed by atoms with Gasteiger partial charge in [0.25, 0.3) is 0 Å². The number of hydrogen-bond donors (Lipinski definition) is 1. The molecule has 0 aromatic heterocycles. The van der Waals surface area contributed by atoms with E-state index >= 15 is 0 Å². The molecule has 0 amide bonds. The normalized spacial score (nSPS) is 26.0. The molecule has 1 heteroatoms. The molecule has 1 atom stereocenters. The first-order valence-corrected chi connectivity index (χ1v) is 3.57. The minimum absolute atomic E-state index is 0.771. The molecule has 1 aliphatic rings. The van der Waals surface area contributed by atoms with Crippen molar-refractivity contribution in [2.75, 3.05) is 0 Å². The molecule has 0 unspecified atom stereocenters. The van der Waals surface area contributed by atoms with Gasteiger partial charge in [0, 0.05) is 0 Å². The smallest absolute Gasteiger partial charge is 0.00449 e. The Kier molecular flexibility index (Phi) is 2.49. The van der Waals surface area contributed by atoms with Crippen molar-refractivity contribution in [1.29, 1.82) is 5.41 Å². The summed E-state index contributed by atoms with van der Waals surface area (Å²) >= 11 is 0. The Balaban J connectivity index is 2.26. The highest BCUT2D eigenvalue weighted by Crippen LogP contribution is 2.19. The van der Waals surface area contributed by atoms with Crippen LogP contribution in [0.2, 0.25) is 0 Å². The number of rotatable bonds is 2. The van der Waals surface area contributed by atoms with Crippen LogP contribution in [0.5, 0.6) is 0 Å². The van der Waals surface area contributed by atoms with E-state index in [0.717, 1.165) is 12.3 Å². The highest BCUT2D eigenvalue weighted by Gasteiger charge is 2.06. The molecule has 0 spiro atoms. The topological polar surface area (TPSA) is 23.9 Å². The molecule has 0 fully saturated rings. The summed E-state index contributed by atoms with van der Waals surface area (Å²) in [5.41, 5.74) is 0. The first-order chi connectivity index (χ1) is 4.43. The van der Waals surface area contributed by atoms with Crippen molar-refractivity contribution in [3.8, 4) is 0 Å². The fourth-order valence-corrected chi connectivity index (χ4v) is 1.24. The van der Waals surface area contributed by atoms with Crippen molar-refractivity contribution in [3.05, 3.63) is 12.2 Å². The van der Waals surface area contributed by atoms with Crippen molar-refractivity contribution in [3.63, 3.8) is 0 Å². The van der Waals surface area contributed by atoms with E-state index in [0.29, 0.717) is 0 Å². The zero-order valence-electron chi connectivity index (χ0n) is 5.64. The average molecular weight is 123 g/mol. The van der Waals surface area contributed by atoms with E-state index < -0.39 is 0 Å². The summed E-state index contributed by atoms with van der Waals surface area (Å²) in [6, 6.07) is 0. The van der Waals surface area contributed by atoms with E-state index in [2.05, 4.69) is 12.2 Å². The Morgan fingerprint density at radius 3 is 3.00 bits per heavy atom. The van der Waals surface area contributed by atoms with E-state index in [1.807, 2.05) is 0 Å². The molecule has 0 aliphatic heterocycles. The SMILES string of the molecule is N=CC[C@@H]1CC=CCC1. The largest absolute Gasteiger partial charge is 0.313 e. The van der Waals surface area contributed by atoms with Crippen LogP contribution in [-0.2, 0) is 0 Å². The summed E-state index contributed by atoms with van der Waals surface area (Å²) in [5.74, 6) is 0.771. The first kappa shape index (κ1) is 6.53. The number of allylic oxidation sites excluding steroid dienone is 2. The molecule has 0 aromatic rings. The van der Waals surface area contributed by atoms with E-state index in [-0.39, 0.29) is 0 Å². The van der Waals surface area contributed by atoms with Crippen molar-refractivity contribution in [1.82, 2.24) is 0 Å². The van der Waals surface area contributed by atoms with Crippen LogP contribution in [0.3, 0.4) is 0 Å². The van der Waals surface area contributed by atoms with E-state index in [9.17, 15) is 0 Å². The van der Waals surface area contributed by atoms with Crippen LogP contribution in [-0.4, -0.2) is 6.21 Å². The molecule has 1 N–H and O–H groups in total. The quantitative estimate of drug-likeness (QED) is 0.430. The molecule has 0 heterocycles. The molecule has 1 aliphatic carbocycles. The van der Waals surface area contributed by atoms with Gasteiger partial charge < -0.3 is 5.41 Å². The molecule has 0 aromatic carbocycles. The Hall–Kier alpha value is -0.590. The van der Waals surface area contributed by atoms with Crippen LogP contribution in [0, 0.1) is 11.3 Å². The van der Waals surface area contributed by atoms with Gasteiger partial charge in [-0.15, -0.1) is 0 Å². The molecule has 50 valence electrons. The third kappa shape index (κ3) is 2.00. The van der Waals surface area contributed by atoms with Gasteiger partial charge >= 0.3 is 0 Å². The first-order valence-electron chi connectivity index (χ1n) is 3.57. The second-order valence-electron chi connectivity index (χ2n) is 2.59.